The van der Waals surface area contributed by atoms with Gasteiger partial charge in [0.1, 0.15) is 0 Å². The van der Waals surface area contributed by atoms with E-state index in [9.17, 15) is 4.79 Å². The molecule has 0 rings (SSSR count). The van der Waals surface area contributed by atoms with Crippen LogP contribution in [0.4, 0.5) is 0 Å². The van der Waals surface area contributed by atoms with Gasteiger partial charge in [0.2, 0.25) is 0 Å². The molecular formula is C6H14N2O3. The van der Waals surface area contributed by atoms with Gasteiger partial charge in [-0.2, -0.15) is 0 Å². The molecule has 0 aliphatic carbocycles. The average Bonchev–Trinajstić information content (AvgIpc) is 1.86. The predicted molar refractivity (Wildman–Crippen MR) is 40.2 cm³/mol. The van der Waals surface area contributed by atoms with Gasteiger partial charge < -0.3 is 21.3 Å². The second-order valence-electron chi connectivity index (χ2n) is 2.43. The third kappa shape index (κ3) is 5.78. The van der Waals surface area contributed by atoms with Crippen LogP contribution in [0, 0.1) is 0 Å². The predicted octanol–water partition coefficient (Wildman–Crippen LogP) is -1.63. The quantitative estimate of drug-likeness (QED) is 0.389. The van der Waals surface area contributed by atoms with Crippen LogP contribution in [0.3, 0.4) is 0 Å². The highest BCUT2D eigenvalue weighted by molar-refractivity contribution is 5.68. The van der Waals surface area contributed by atoms with E-state index in [1.807, 2.05) is 0 Å². The summed E-state index contributed by atoms with van der Waals surface area (Å²) in [4.78, 5) is 9.98. The average molecular weight is 162 g/mol. The third-order valence-corrected chi connectivity index (χ3v) is 1.28. The van der Waals surface area contributed by atoms with Crippen LogP contribution in [0.5, 0.6) is 0 Å². The molecule has 0 aromatic rings. The number of nitrogens with two attached hydrogens (primary N) is 1. The number of carboxylic acid groups (broad SMARTS) is 1. The lowest BCUT2D eigenvalue weighted by atomic mass is 10.2. The fourth-order valence-corrected chi connectivity index (χ4v) is 0.516. The van der Waals surface area contributed by atoms with E-state index in [1.165, 1.54) is 0 Å². The molecule has 0 aliphatic heterocycles. The van der Waals surface area contributed by atoms with Gasteiger partial charge in [-0.25, -0.2) is 0 Å². The molecule has 0 aromatic heterocycles. The molecule has 5 N–H and O–H groups in total. The first-order valence-corrected chi connectivity index (χ1v) is 3.40. The summed E-state index contributed by atoms with van der Waals surface area (Å²) in [7, 11) is 0. The summed E-state index contributed by atoms with van der Waals surface area (Å²) < 4.78 is 0. The highest BCUT2D eigenvalue weighted by Crippen LogP contribution is 1.84. The summed E-state index contributed by atoms with van der Waals surface area (Å²) in [5.41, 5.74) is 5.40. The Morgan fingerprint density at radius 1 is 1.73 bits per heavy atom. The summed E-state index contributed by atoms with van der Waals surface area (Å²) in [5, 5.41) is 19.7. The maximum absolute atomic E-state index is 9.98. The number of hydrogen-bond donors (Lipinski definition) is 4. The highest BCUT2D eigenvalue weighted by Gasteiger charge is 2.08. The summed E-state index contributed by atoms with van der Waals surface area (Å²) >= 11 is 0. The largest absolute Gasteiger partial charge is 0.480 e. The number of hydrogen-bond acceptors (Lipinski definition) is 4. The van der Waals surface area contributed by atoms with Crippen molar-refractivity contribution in [3.05, 3.63) is 0 Å². The Morgan fingerprint density at radius 2 is 2.27 bits per heavy atom. The maximum Gasteiger partial charge on any atom is 0.317 e. The van der Waals surface area contributed by atoms with Crippen molar-refractivity contribution in [1.29, 1.82) is 0 Å². The van der Waals surface area contributed by atoms with E-state index in [4.69, 9.17) is 15.9 Å². The SMILES string of the molecule is CC(O)C(N)CNCC(=O)O. The molecule has 0 saturated carbocycles. The summed E-state index contributed by atoms with van der Waals surface area (Å²) in [6.07, 6.45) is -0.615. The molecule has 0 aliphatic rings. The van der Waals surface area contributed by atoms with E-state index in [0.29, 0.717) is 6.54 Å². The monoisotopic (exact) mass is 162 g/mol. The molecule has 5 nitrogen and oxygen atoms in total. The summed E-state index contributed by atoms with van der Waals surface area (Å²) in [5.74, 6) is -0.928. The van der Waals surface area contributed by atoms with Crippen molar-refractivity contribution in [2.24, 2.45) is 5.73 Å². The van der Waals surface area contributed by atoms with Gasteiger partial charge in [-0.05, 0) is 6.92 Å². The van der Waals surface area contributed by atoms with E-state index < -0.39 is 18.1 Å². The number of aliphatic carboxylic acids is 1. The van der Waals surface area contributed by atoms with Crippen molar-refractivity contribution in [1.82, 2.24) is 5.32 Å². The van der Waals surface area contributed by atoms with Gasteiger partial charge in [-0.1, -0.05) is 0 Å². The van der Waals surface area contributed by atoms with Crippen LogP contribution in [0.25, 0.3) is 0 Å². The van der Waals surface area contributed by atoms with Crippen molar-refractivity contribution >= 4 is 5.97 Å². The first kappa shape index (κ1) is 10.3. The number of aliphatic hydroxyl groups is 1. The zero-order valence-corrected chi connectivity index (χ0v) is 6.45. The summed E-state index contributed by atoms with van der Waals surface area (Å²) in [6.45, 7) is 1.75. The van der Waals surface area contributed by atoms with Crippen molar-refractivity contribution < 1.29 is 15.0 Å². The normalized spacial score (nSPS) is 15.9. The maximum atomic E-state index is 9.98. The molecule has 0 heterocycles. The van der Waals surface area contributed by atoms with Crippen LogP contribution in [0.15, 0.2) is 0 Å². The van der Waals surface area contributed by atoms with Crippen molar-refractivity contribution in [3.8, 4) is 0 Å². The molecule has 0 aromatic carbocycles. The first-order chi connectivity index (χ1) is 5.04. The minimum Gasteiger partial charge on any atom is -0.480 e. The minimum atomic E-state index is -0.928. The van der Waals surface area contributed by atoms with Gasteiger partial charge in [-0.3, -0.25) is 4.79 Å². The molecule has 0 bridgehead atoms. The van der Waals surface area contributed by atoms with Crippen molar-refractivity contribution in [2.75, 3.05) is 13.1 Å². The molecule has 0 fully saturated rings. The van der Waals surface area contributed by atoms with Gasteiger partial charge >= 0.3 is 5.97 Å². The Morgan fingerprint density at radius 3 is 2.64 bits per heavy atom. The van der Waals surface area contributed by atoms with E-state index in [0.717, 1.165) is 0 Å². The molecule has 0 saturated heterocycles. The van der Waals surface area contributed by atoms with Crippen LogP contribution >= 0.6 is 0 Å². The van der Waals surface area contributed by atoms with Gasteiger partial charge in [0.15, 0.2) is 0 Å². The van der Waals surface area contributed by atoms with Crippen molar-refractivity contribution in [2.45, 2.75) is 19.1 Å². The zero-order valence-electron chi connectivity index (χ0n) is 6.45. The van der Waals surface area contributed by atoms with Gasteiger partial charge in [0, 0.05) is 12.6 Å². The molecule has 2 unspecified atom stereocenters. The van der Waals surface area contributed by atoms with Crippen LogP contribution in [0.2, 0.25) is 0 Å². The molecule has 0 radical (unpaired) electrons. The van der Waals surface area contributed by atoms with Crippen LogP contribution in [-0.2, 0) is 4.79 Å². The lowest BCUT2D eigenvalue weighted by Gasteiger charge is -2.13. The van der Waals surface area contributed by atoms with E-state index in [-0.39, 0.29) is 6.54 Å². The summed E-state index contributed by atoms with van der Waals surface area (Å²) in [6, 6.07) is -0.408. The molecule has 2 atom stereocenters. The Bertz CT molecular complexity index is 127. The molecule has 66 valence electrons. The zero-order chi connectivity index (χ0) is 8.85. The van der Waals surface area contributed by atoms with Crippen molar-refractivity contribution in [3.63, 3.8) is 0 Å². The second-order valence-corrected chi connectivity index (χ2v) is 2.43. The third-order valence-electron chi connectivity index (χ3n) is 1.28. The Balaban J connectivity index is 3.31. The number of aliphatic hydroxyl groups excluding tert-OH is 1. The molecule has 0 spiro atoms. The molecular weight excluding hydrogens is 148 g/mol. The fraction of sp³-hybridized carbons (Fsp3) is 0.833. The highest BCUT2D eigenvalue weighted by atomic mass is 16.4. The van der Waals surface area contributed by atoms with E-state index in [2.05, 4.69) is 5.32 Å². The fourth-order valence-electron chi connectivity index (χ4n) is 0.516. The lowest BCUT2D eigenvalue weighted by Crippen LogP contribution is -2.43. The van der Waals surface area contributed by atoms with Crippen LogP contribution < -0.4 is 11.1 Å². The number of rotatable bonds is 5. The lowest BCUT2D eigenvalue weighted by molar-refractivity contribution is -0.136. The van der Waals surface area contributed by atoms with Gasteiger partial charge in [-0.15, -0.1) is 0 Å². The Kier molecular flexibility index (Phi) is 4.76. The number of carbonyl (C=O) groups is 1. The number of carboxylic acids is 1. The molecule has 11 heavy (non-hydrogen) atoms. The van der Waals surface area contributed by atoms with E-state index >= 15 is 0 Å². The molecule has 5 heteroatoms. The topological polar surface area (TPSA) is 95.6 Å². The smallest absolute Gasteiger partial charge is 0.317 e. The van der Waals surface area contributed by atoms with E-state index in [1.54, 1.807) is 6.92 Å². The second kappa shape index (κ2) is 5.06. The van der Waals surface area contributed by atoms with Crippen LogP contribution in [0.1, 0.15) is 6.92 Å². The van der Waals surface area contributed by atoms with Gasteiger partial charge in [0.25, 0.3) is 0 Å². The Labute approximate surface area is 65.2 Å². The van der Waals surface area contributed by atoms with Crippen LogP contribution in [-0.4, -0.2) is 41.4 Å². The minimum absolute atomic E-state index is 0.125. The standard InChI is InChI=1S/C6H14N2O3/c1-4(9)5(7)2-8-3-6(10)11/h4-5,8-9H,2-3,7H2,1H3,(H,10,11). The first-order valence-electron chi connectivity index (χ1n) is 3.40. The number of nitrogens with one attached hydrogen (secondary N) is 1. The Hall–Kier alpha value is -0.650. The molecule has 0 amide bonds. The van der Waals surface area contributed by atoms with Gasteiger partial charge in [0.05, 0.1) is 12.6 Å².